The molecule has 6 heteroatoms. The predicted molar refractivity (Wildman–Crippen MR) is 69.6 cm³/mol. The Bertz CT molecular complexity index is 489. The van der Waals surface area contributed by atoms with Crippen LogP contribution in [0.4, 0.5) is 0 Å². The molecule has 0 bridgehead atoms. The van der Waals surface area contributed by atoms with Crippen LogP contribution in [-0.2, 0) is 11.8 Å². The number of hydrogen-bond donors (Lipinski definition) is 2. The lowest BCUT2D eigenvalue weighted by Crippen LogP contribution is -2.63. The number of likely N-dealkylation sites (tertiary alicyclic amines) is 1. The minimum atomic E-state index is -0.664. The summed E-state index contributed by atoms with van der Waals surface area (Å²) in [5.74, 6) is -0.742. The highest BCUT2D eigenvalue weighted by Gasteiger charge is 2.40. The fourth-order valence-electron chi connectivity index (χ4n) is 2.25. The molecule has 2 rings (SSSR count). The Morgan fingerprint density at radius 1 is 1.47 bits per heavy atom. The van der Waals surface area contributed by atoms with E-state index in [0.717, 1.165) is 0 Å². The molecule has 0 unspecified atom stereocenters. The van der Waals surface area contributed by atoms with Crippen molar-refractivity contribution in [3.63, 3.8) is 0 Å². The summed E-state index contributed by atoms with van der Waals surface area (Å²) in [4.78, 5) is 25.3. The summed E-state index contributed by atoms with van der Waals surface area (Å²) in [7, 11) is 1.75. The summed E-state index contributed by atoms with van der Waals surface area (Å²) in [6.45, 7) is 3.01. The van der Waals surface area contributed by atoms with Crippen molar-refractivity contribution in [1.29, 1.82) is 0 Å². The van der Waals surface area contributed by atoms with Crippen molar-refractivity contribution in [2.75, 3.05) is 19.6 Å². The molecular formula is C13H19N3O3. The average molecular weight is 265 g/mol. The predicted octanol–water partition coefficient (Wildman–Crippen LogP) is -0.262. The van der Waals surface area contributed by atoms with Crippen LogP contribution in [0.15, 0.2) is 18.3 Å². The molecule has 19 heavy (non-hydrogen) atoms. The van der Waals surface area contributed by atoms with Crippen molar-refractivity contribution in [3.05, 3.63) is 24.0 Å². The first kappa shape index (κ1) is 13.8. The third-order valence-corrected chi connectivity index (χ3v) is 3.49. The number of amides is 2. The van der Waals surface area contributed by atoms with Crippen molar-refractivity contribution in [2.45, 2.75) is 18.9 Å². The zero-order valence-electron chi connectivity index (χ0n) is 11.2. The molecule has 0 saturated carbocycles. The van der Waals surface area contributed by atoms with Gasteiger partial charge >= 0.3 is 0 Å². The molecule has 1 aliphatic rings. The van der Waals surface area contributed by atoms with E-state index < -0.39 is 11.5 Å². The molecule has 1 aromatic heterocycles. The topological polar surface area (TPSA) is 74.6 Å². The lowest BCUT2D eigenvalue weighted by Gasteiger charge is -2.45. The Labute approximate surface area is 112 Å². The van der Waals surface area contributed by atoms with Crippen molar-refractivity contribution >= 4 is 11.8 Å². The van der Waals surface area contributed by atoms with Gasteiger partial charge in [-0.25, -0.2) is 0 Å². The molecule has 2 heterocycles. The number of β-amino-alcohol motifs (C(OH)–C–C–N with tert-alkyl or cyclic N) is 1. The lowest BCUT2D eigenvalue weighted by molar-refractivity contribution is -0.132. The van der Waals surface area contributed by atoms with E-state index in [9.17, 15) is 14.7 Å². The monoisotopic (exact) mass is 265 g/mol. The third-order valence-electron chi connectivity index (χ3n) is 3.49. The Morgan fingerprint density at radius 2 is 2.16 bits per heavy atom. The van der Waals surface area contributed by atoms with Gasteiger partial charge in [-0.05, 0) is 18.6 Å². The first-order valence-electron chi connectivity index (χ1n) is 6.34. The number of imide groups is 1. The van der Waals surface area contributed by atoms with Crippen LogP contribution in [0.25, 0.3) is 0 Å². The zero-order chi connectivity index (χ0) is 14.0. The molecule has 1 aromatic rings. The number of carbonyl (C=O) groups is 2. The van der Waals surface area contributed by atoms with Crippen LogP contribution in [0, 0.1) is 0 Å². The Hall–Kier alpha value is -1.66. The SMILES string of the molecule is CCC1(O)CN(CC(=O)NC(=O)c2cccn2C)C1. The van der Waals surface area contributed by atoms with Crippen molar-refractivity contribution in [1.82, 2.24) is 14.8 Å². The first-order valence-corrected chi connectivity index (χ1v) is 6.34. The van der Waals surface area contributed by atoms with Crippen molar-refractivity contribution < 1.29 is 14.7 Å². The summed E-state index contributed by atoms with van der Waals surface area (Å²) >= 11 is 0. The highest BCUT2D eigenvalue weighted by atomic mass is 16.3. The van der Waals surface area contributed by atoms with Gasteiger partial charge in [0.15, 0.2) is 0 Å². The Kier molecular flexibility index (Phi) is 3.73. The van der Waals surface area contributed by atoms with Crippen LogP contribution in [-0.4, -0.2) is 51.6 Å². The van der Waals surface area contributed by atoms with Crippen LogP contribution in [0.2, 0.25) is 0 Å². The standard InChI is InChI=1S/C13H19N3O3/c1-3-13(19)8-16(9-13)7-11(17)14-12(18)10-5-4-6-15(10)2/h4-6,19H,3,7-9H2,1-2H3,(H,14,17,18). The minimum absolute atomic E-state index is 0.137. The van der Waals surface area contributed by atoms with Crippen LogP contribution in [0.1, 0.15) is 23.8 Å². The van der Waals surface area contributed by atoms with Gasteiger partial charge in [0.1, 0.15) is 5.69 Å². The molecule has 104 valence electrons. The quantitative estimate of drug-likeness (QED) is 0.786. The van der Waals surface area contributed by atoms with E-state index in [1.54, 1.807) is 29.9 Å². The molecule has 0 aliphatic carbocycles. The molecule has 1 fully saturated rings. The molecule has 6 nitrogen and oxygen atoms in total. The van der Waals surface area contributed by atoms with Gasteiger partial charge in [0.05, 0.1) is 12.1 Å². The number of aliphatic hydroxyl groups is 1. The second-order valence-corrected chi connectivity index (χ2v) is 5.10. The molecule has 1 aliphatic heterocycles. The highest BCUT2D eigenvalue weighted by molar-refractivity contribution is 6.04. The van der Waals surface area contributed by atoms with Crippen LogP contribution in [0.3, 0.4) is 0 Å². The van der Waals surface area contributed by atoms with Crippen LogP contribution >= 0.6 is 0 Å². The molecule has 2 amide bonds. The second kappa shape index (κ2) is 5.14. The maximum atomic E-state index is 11.8. The third kappa shape index (κ3) is 3.02. The van der Waals surface area contributed by atoms with E-state index in [1.165, 1.54) is 0 Å². The highest BCUT2D eigenvalue weighted by Crippen LogP contribution is 2.23. The summed E-state index contributed by atoms with van der Waals surface area (Å²) in [6, 6.07) is 3.40. The number of hydrogen-bond acceptors (Lipinski definition) is 4. The van der Waals surface area contributed by atoms with E-state index in [1.807, 2.05) is 11.8 Å². The van der Waals surface area contributed by atoms with E-state index in [-0.39, 0.29) is 12.5 Å². The van der Waals surface area contributed by atoms with E-state index in [2.05, 4.69) is 5.32 Å². The maximum absolute atomic E-state index is 11.8. The summed E-state index contributed by atoms with van der Waals surface area (Å²) in [5, 5.41) is 12.2. The molecule has 0 spiro atoms. The lowest BCUT2D eigenvalue weighted by atomic mass is 9.91. The minimum Gasteiger partial charge on any atom is -0.387 e. The molecule has 2 N–H and O–H groups in total. The molecule has 1 saturated heterocycles. The number of aromatic nitrogens is 1. The Morgan fingerprint density at radius 3 is 2.68 bits per heavy atom. The van der Waals surface area contributed by atoms with Gasteiger partial charge in [-0.2, -0.15) is 0 Å². The average Bonchev–Trinajstić information content (AvgIpc) is 2.73. The molecule has 0 radical (unpaired) electrons. The largest absolute Gasteiger partial charge is 0.387 e. The van der Waals surface area contributed by atoms with Crippen LogP contribution < -0.4 is 5.32 Å². The number of carbonyl (C=O) groups excluding carboxylic acids is 2. The fraction of sp³-hybridized carbons (Fsp3) is 0.538. The van der Waals surface area contributed by atoms with E-state index in [4.69, 9.17) is 0 Å². The van der Waals surface area contributed by atoms with Gasteiger partial charge in [-0.15, -0.1) is 0 Å². The number of rotatable bonds is 4. The number of nitrogens with one attached hydrogen (secondary N) is 1. The van der Waals surface area contributed by atoms with Gasteiger partial charge in [0, 0.05) is 26.3 Å². The van der Waals surface area contributed by atoms with Crippen LogP contribution in [0.5, 0.6) is 0 Å². The van der Waals surface area contributed by atoms with E-state index in [0.29, 0.717) is 25.2 Å². The first-order chi connectivity index (χ1) is 8.93. The van der Waals surface area contributed by atoms with Gasteiger partial charge in [0.25, 0.3) is 5.91 Å². The fourth-order valence-corrected chi connectivity index (χ4v) is 2.25. The summed E-state index contributed by atoms with van der Waals surface area (Å²) in [6.07, 6.45) is 2.42. The maximum Gasteiger partial charge on any atom is 0.274 e. The smallest absolute Gasteiger partial charge is 0.274 e. The van der Waals surface area contributed by atoms with Crippen molar-refractivity contribution in [2.24, 2.45) is 7.05 Å². The van der Waals surface area contributed by atoms with Gasteiger partial charge < -0.3 is 9.67 Å². The van der Waals surface area contributed by atoms with Crippen molar-refractivity contribution in [3.8, 4) is 0 Å². The van der Waals surface area contributed by atoms with Gasteiger partial charge in [-0.1, -0.05) is 6.92 Å². The van der Waals surface area contributed by atoms with Gasteiger partial charge in [0.2, 0.25) is 5.91 Å². The number of aryl methyl sites for hydroxylation is 1. The van der Waals surface area contributed by atoms with Gasteiger partial charge in [-0.3, -0.25) is 19.8 Å². The summed E-state index contributed by atoms with van der Waals surface area (Å²) < 4.78 is 1.65. The Balaban J connectivity index is 1.80. The summed E-state index contributed by atoms with van der Waals surface area (Å²) in [5.41, 5.74) is -0.218. The molecule has 0 atom stereocenters. The van der Waals surface area contributed by atoms with E-state index >= 15 is 0 Å². The molecule has 0 aromatic carbocycles. The molecular weight excluding hydrogens is 246 g/mol. The zero-order valence-corrected chi connectivity index (χ0v) is 11.2. The number of nitrogens with zero attached hydrogens (tertiary/aromatic N) is 2. The second-order valence-electron chi connectivity index (χ2n) is 5.10. The normalized spacial score (nSPS) is 17.8.